The van der Waals surface area contributed by atoms with E-state index in [1.54, 1.807) is 6.07 Å². The lowest BCUT2D eigenvalue weighted by molar-refractivity contribution is -0.137. The first-order chi connectivity index (χ1) is 14.6. The molecule has 1 aliphatic carbocycles. The van der Waals surface area contributed by atoms with Gasteiger partial charge in [0.15, 0.2) is 0 Å². The van der Waals surface area contributed by atoms with Gasteiger partial charge >= 0.3 is 6.18 Å². The third-order valence-electron chi connectivity index (χ3n) is 5.02. The molecule has 4 nitrogen and oxygen atoms in total. The SMILES string of the molecule is O=S(=O)(c1cccc(C(F)(F)F)c1)N1CCOc2ccc(C3=C(Cl)CCC=C3F)cc21. The third kappa shape index (κ3) is 4.04. The Kier molecular flexibility index (Phi) is 5.51. The summed E-state index contributed by atoms with van der Waals surface area (Å²) >= 11 is 6.21. The van der Waals surface area contributed by atoms with Gasteiger partial charge in [-0.1, -0.05) is 23.7 Å². The lowest BCUT2D eigenvalue weighted by atomic mass is 9.97. The second-order valence-electron chi connectivity index (χ2n) is 7.00. The van der Waals surface area contributed by atoms with Crippen molar-refractivity contribution >= 4 is 32.9 Å². The summed E-state index contributed by atoms with van der Waals surface area (Å²) in [6.07, 6.45) is -2.38. The Labute approximate surface area is 181 Å². The van der Waals surface area contributed by atoms with Gasteiger partial charge in [0.1, 0.15) is 18.2 Å². The predicted molar refractivity (Wildman–Crippen MR) is 109 cm³/mol. The zero-order valence-corrected chi connectivity index (χ0v) is 17.5. The van der Waals surface area contributed by atoms with E-state index in [-0.39, 0.29) is 30.2 Å². The Morgan fingerprint density at radius 3 is 2.58 bits per heavy atom. The first-order valence-electron chi connectivity index (χ1n) is 9.31. The first kappa shape index (κ1) is 21.7. The fourth-order valence-corrected chi connectivity index (χ4v) is 5.34. The van der Waals surface area contributed by atoms with Gasteiger partial charge in [-0.2, -0.15) is 13.2 Å². The largest absolute Gasteiger partial charge is 0.489 e. The molecule has 0 radical (unpaired) electrons. The van der Waals surface area contributed by atoms with Crippen molar-refractivity contribution in [2.45, 2.75) is 23.9 Å². The maximum atomic E-state index is 14.4. The van der Waals surface area contributed by atoms with Gasteiger partial charge < -0.3 is 4.74 Å². The van der Waals surface area contributed by atoms with E-state index in [0.717, 1.165) is 22.5 Å². The fourth-order valence-electron chi connectivity index (χ4n) is 3.54. The lowest BCUT2D eigenvalue weighted by Crippen LogP contribution is -2.38. The highest BCUT2D eigenvalue weighted by Gasteiger charge is 2.35. The normalized spacial score (nSPS) is 17.2. The minimum atomic E-state index is -4.68. The topological polar surface area (TPSA) is 46.6 Å². The molecule has 164 valence electrons. The molecule has 0 atom stereocenters. The minimum absolute atomic E-state index is 0.0161. The number of rotatable bonds is 3. The van der Waals surface area contributed by atoms with Crippen molar-refractivity contribution in [3.63, 3.8) is 0 Å². The van der Waals surface area contributed by atoms with E-state index in [1.807, 2.05) is 0 Å². The molecule has 0 saturated heterocycles. The van der Waals surface area contributed by atoms with Crippen molar-refractivity contribution in [1.82, 2.24) is 0 Å². The Morgan fingerprint density at radius 1 is 1.10 bits per heavy atom. The Balaban J connectivity index is 1.80. The average molecular weight is 474 g/mol. The van der Waals surface area contributed by atoms with Crippen molar-refractivity contribution in [1.29, 1.82) is 0 Å². The van der Waals surface area contributed by atoms with Gasteiger partial charge in [-0.05, 0) is 54.8 Å². The highest BCUT2D eigenvalue weighted by molar-refractivity contribution is 7.92. The van der Waals surface area contributed by atoms with E-state index in [2.05, 4.69) is 0 Å². The molecule has 0 amide bonds. The zero-order chi connectivity index (χ0) is 22.4. The van der Waals surface area contributed by atoms with Crippen molar-refractivity contribution in [2.75, 3.05) is 17.5 Å². The number of nitrogens with zero attached hydrogens (tertiary/aromatic N) is 1. The van der Waals surface area contributed by atoms with Crippen LogP contribution >= 0.6 is 11.6 Å². The smallest absolute Gasteiger partial charge is 0.416 e. The van der Waals surface area contributed by atoms with Crippen LogP contribution < -0.4 is 9.04 Å². The van der Waals surface area contributed by atoms with Crippen LogP contribution in [0, 0.1) is 0 Å². The van der Waals surface area contributed by atoms with Gasteiger partial charge in [-0.25, -0.2) is 12.8 Å². The van der Waals surface area contributed by atoms with Gasteiger partial charge in [0.2, 0.25) is 0 Å². The summed E-state index contributed by atoms with van der Waals surface area (Å²) in [5, 5.41) is 0.309. The molecule has 1 heterocycles. The number of hydrogen-bond donors (Lipinski definition) is 0. The summed E-state index contributed by atoms with van der Waals surface area (Å²) in [5.74, 6) is -0.289. The third-order valence-corrected chi connectivity index (χ3v) is 7.20. The first-order valence-corrected chi connectivity index (χ1v) is 11.1. The van der Waals surface area contributed by atoms with E-state index in [1.165, 1.54) is 18.2 Å². The minimum Gasteiger partial charge on any atom is -0.489 e. The van der Waals surface area contributed by atoms with Crippen molar-refractivity contribution < 1.29 is 30.7 Å². The highest BCUT2D eigenvalue weighted by Crippen LogP contribution is 2.42. The number of ether oxygens (including phenoxy) is 1. The monoisotopic (exact) mass is 473 g/mol. The molecule has 10 heteroatoms. The molecular weight excluding hydrogens is 458 g/mol. The Hall–Kier alpha value is -2.52. The molecule has 1 aliphatic heterocycles. The summed E-state index contributed by atoms with van der Waals surface area (Å²) in [5.41, 5.74) is -0.441. The standard InChI is InChI=1S/C21H16ClF4NO3S/c22-16-5-2-6-17(23)20(16)13-7-8-19-18(11-13)27(9-10-30-19)31(28,29)15-4-1-3-14(12-15)21(24,25)26/h1,3-4,6-8,11-12H,2,5,9-10H2. The molecule has 4 rings (SSSR count). The van der Waals surface area contributed by atoms with Gasteiger partial charge in [0, 0.05) is 10.6 Å². The van der Waals surface area contributed by atoms with E-state index in [0.29, 0.717) is 29.5 Å². The van der Waals surface area contributed by atoms with Crippen LogP contribution in [0.25, 0.3) is 5.57 Å². The fraction of sp³-hybridized carbons (Fsp3) is 0.238. The molecule has 0 spiro atoms. The number of alkyl halides is 3. The summed E-state index contributed by atoms with van der Waals surface area (Å²) in [6.45, 7) is -0.0949. The Bertz CT molecular complexity index is 1210. The van der Waals surface area contributed by atoms with Gasteiger partial charge in [0.25, 0.3) is 10.0 Å². The number of anilines is 1. The maximum Gasteiger partial charge on any atom is 0.416 e. The average Bonchev–Trinajstić information content (AvgIpc) is 2.72. The molecule has 2 aliphatic rings. The second-order valence-corrected chi connectivity index (χ2v) is 9.32. The van der Waals surface area contributed by atoms with Crippen LogP contribution in [-0.2, 0) is 16.2 Å². The van der Waals surface area contributed by atoms with Crippen LogP contribution in [0.4, 0.5) is 23.2 Å². The zero-order valence-electron chi connectivity index (χ0n) is 15.9. The second kappa shape index (κ2) is 7.87. The Morgan fingerprint density at radius 2 is 1.87 bits per heavy atom. The van der Waals surface area contributed by atoms with E-state index in [4.69, 9.17) is 16.3 Å². The number of allylic oxidation sites excluding steroid dienone is 4. The molecule has 0 saturated carbocycles. The molecule has 0 bridgehead atoms. The highest BCUT2D eigenvalue weighted by atomic mass is 35.5. The predicted octanol–water partition coefficient (Wildman–Crippen LogP) is 5.89. The van der Waals surface area contributed by atoms with Gasteiger partial charge in [0.05, 0.1) is 22.7 Å². The van der Waals surface area contributed by atoms with E-state index >= 15 is 0 Å². The van der Waals surface area contributed by atoms with Crippen molar-refractivity contribution in [3.8, 4) is 5.75 Å². The van der Waals surface area contributed by atoms with Crippen LogP contribution in [0.2, 0.25) is 0 Å². The van der Waals surface area contributed by atoms with E-state index in [9.17, 15) is 26.0 Å². The van der Waals surface area contributed by atoms with Crippen LogP contribution in [0.3, 0.4) is 0 Å². The molecule has 0 fully saturated rings. The van der Waals surface area contributed by atoms with Crippen LogP contribution in [0.15, 0.2) is 64.3 Å². The molecule has 0 aromatic heterocycles. The number of fused-ring (bicyclic) bond motifs is 1. The lowest BCUT2D eigenvalue weighted by Gasteiger charge is -2.31. The number of sulfonamides is 1. The summed E-state index contributed by atoms with van der Waals surface area (Å²) in [6, 6.07) is 8.03. The van der Waals surface area contributed by atoms with Crippen LogP contribution in [0.5, 0.6) is 5.75 Å². The molecule has 2 aromatic carbocycles. The molecule has 0 unspecified atom stereocenters. The van der Waals surface area contributed by atoms with E-state index < -0.39 is 32.5 Å². The summed E-state index contributed by atoms with van der Waals surface area (Å²) in [7, 11) is -4.34. The van der Waals surface area contributed by atoms with Crippen LogP contribution in [-0.4, -0.2) is 21.6 Å². The summed E-state index contributed by atoms with van der Waals surface area (Å²) in [4.78, 5) is -0.499. The summed E-state index contributed by atoms with van der Waals surface area (Å²) < 4.78 is 86.6. The van der Waals surface area contributed by atoms with Crippen molar-refractivity contribution in [3.05, 3.63) is 70.5 Å². The van der Waals surface area contributed by atoms with Gasteiger partial charge in [-0.3, -0.25) is 4.31 Å². The van der Waals surface area contributed by atoms with Crippen LogP contribution in [0.1, 0.15) is 24.0 Å². The number of halogens is 5. The van der Waals surface area contributed by atoms with Gasteiger partial charge in [-0.15, -0.1) is 0 Å². The number of benzene rings is 2. The maximum absolute atomic E-state index is 14.4. The molecule has 0 N–H and O–H groups in total. The number of hydrogen-bond acceptors (Lipinski definition) is 3. The van der Waals surface area contributed by atoms with Crippen molar-refractivity contribution in [2.24, 2.45) is 0 Å². The quantitative estimate of drug-likeness (QED) is 0.522. The molecule has 2 aromatic rings. The molecule has 31 heavy (non-hydrogen) atoms. The molecular formula is C21H16ClF4NO3S.